The van der Waals surface area contributed by atoms with Crippen LogP contribution in [0.15, 0.2) is 53.7 Å². The summed E-state index contributed by atoms with van der Waals surface area (Å²) in [6.07, 6.45) is 0.857. The van der Waals surface area contributed by atoms with Crippen LogP contribution in [0.25, 0.3) is 11.0 Å². The summed E-state index contributed by atoms with van der Waals surface area (Å²) >= 11 is 1.26. The smallest absolute Gasteiger partial charge is 0.247 e. The highest BCUT2D eigenvalue weighted by molar-refractivity contribution is 7.99. The van der Waals surface area contributed by atoms with Crippen molar-refractivity contribution in [3.8, 4) is 0 Å². The number of hydrogen-bond donors (Lipinski definition) is 1. The number of carbonyl (C=O) groups excluding carboxylic acids is 2. The number of hydrogen-bond acceptors (Lipinski definition) is 4. The minimum Gasteiger partial charge on any atom is -0.369 e. The van der Waals surface area contributed by atoms with Crippen LogP contribution in [0.2, 0.25) is 0 Å². The van der Waals surface area contributed by atoms with Gasteiger partial charge in [-0.2, -0.15) is 0 Å². The van der Waals surface area contributed by atoms with E-state index in [1.807, 2.05) is 51.9 Å². The maximum absolute atomic E-state index is 13.2. The molecule has 0 radical (unpaired) electrons. The fourth-order valence-electron chi connectivity index (χ4n) is 3.61. The normalized spacial score (nSPS) is 15.9. The van der Waals surface area contributed by atoms with Gasteiger partial charge in [0.25, 0.3) is 0 Å². The lowest BCUT2D eigenvalue weighted by molar-refractivity contribution is -0.119. The third kappa shape index (κ3) is 3.30. The summed E-state index contributed by atoms with van der Waals surface area (Å²) in [6.45, 7) is 2.23. The molecule has 1 aliphatic rings. The maximum Gasteiger partial charge on any atom is 0.247 e. The summed E-state index contributed by atoms with van der Waals surface area (Å²) in [6, 6.07) is 15.8. The van der Waals surface area contributed by atoms with Gasteiger partial charge in [0.2, 0.25) is 11.8 Å². The Labute approximate surface area is 161 Å². The van der Waals surface area contributed by atoms with Crippen LogP contribution < -0.4 is 10.6 Å². The van der Waals surface area contributed by atoms with Crippen molar-refractivity contribution in [3.63, 3.8) is 0 Å². The van der Waals surface area contributed by atoms with Gasteiger partial charge in [-0.25, -0.2) is 4.98 Å². The van der Waals surface area contributed by atoms with E-state index in [9.17, 15) is 9.59 Å². The van der Waals surface area contributed by atoms with Crippen molar-refractivity contribution in [3.05, 3.63) is 54.1 Å². The second kappa shape index (κ2) is 7.08. The van der Waals surface area contributed by atoms with Crippen LogP contribution in [-0.2, 0) is 22.6 Å². The van der Waals surface area contributed by atoms with Crippen LogP contribution in [0, 0.1) is 0 Å². The first-order valence-corrected chi connectivity index (χ1v) is 9.79. The number of rotatable bonds is 5. The number of fused-ring (bicyclic) bond motifs is 2. The zero-order valence-corrected chi connectivity index (χ0v) is 15.8. The van der Waals surface area contributed by atoms with Gasteiger partial charge in [0.05, 0.1) is 16.8 Å². The summed E-state index contributed by atoms with van der Waals surface area (Å²) in [5.41, 5.74) is 9.13. The highest BCUT2D eigenvalue weighted by Gasteiger charge is 2.31. The number of thioether (sulfide) groups is 1. The lowest BCUT2D eigenvalue weighted by atomic mass is 10.1. The van der Waals surface area contributed by atoms with Gasteiger partial charge in [0, 0.05) is 11.7 Å². The Morgan fingerprint density at radius 2 is 1.93 bits per heavy atom. The Balaban J connectivity index is 1.67. The topological polar surface area (TPSA) is 81.2 Å². The number of primary amides is 1. The molecule has 2 N–H and O–H groups in total. The van der Waals surface area contributed by atoms with E-state index < -0.39 is 5.91 Å². The van der Waals surface area contributed by atoms with Crippen molar-refractivity contribution in [2.75, 3.05) is 10.7 Å². The van der Waals surface area contributed by atoms with Gasteiger partial charge in [0.1, 0.15) is 6.54 Å². The minimum atomic E-state index is -0.410. The van der Waals surface area contributed by atoms with Gasteiger partial charge in [-0.3, -0.25) is 9.59 Å². The summed E-state index contributed by atoms with van der Waals surface area (Å²) in [4.78, 5) is 30.8. The van der Waals surface area contributed by atoms with Crippen LogP contribution in [0.4, 0.5) is 5.69 Å². The Bertz CT molecular complexity index is 1030. The summed E-state index contributed by atoms with van der Waals surface area (Å²) < 4.78 is 1.87. The van der Waals surface area contributed by atoms with E-state index in [2.05, 4.69) is 18.0 Å². The monoisotopic (exact) mass is 380 g/mol. The molecule has 7 heteroatoms. The predicted octanol–water partition coefficient (Wildman–Crippen LogP) is 2.59. The lowest BCUT2D eigenvalue weighted by Gasteiger charge is -2.23. The van der Waals surface area contributed by atoms with E-state index in [-0.39, 0.29) is 24.2 Å². The van der Waals surface area contributed by atoms with E-state index in [4.69, 9.17) is 5.73 Å². The van der Waals surface area contributed by atoms with E-state index in [1.165, 1.54) is 17.3 Å². The zero-order chi connectivity index (χ0) is 19.0. The van der Waals surface area contributed by atoms with E-state index >= 15 is 0 Å². The zero-order valence-electron chi connectivity index (χ0n) is 15.0. The molecular formula is C20H20N4O2S. The number of nitrogens with two attached hydrogens (primary N) is 1. The number of carbonyl (C=O) groups is 2. The summed E-state index contributed by atoms with van der Waals surface area (Å²) in [5, 5.41) is 0.628. The molecule has 0 saturated heterocycles. The molecule has 0 saturated carbocycles. The van der Waals surface area contributed by atoms with Crippen molar-refractivity contribution in [1.82, 2.24) is 9.55 Å². The van der Waals surface area contributed by atoms with Gasteiger partial charge in [-0.05, 0) is 37.1 Å². The summed E-state index contributed by atoms with van der Waals surface area (Å²) in [5.74, 6) is -0.274. The molecule has 4 rings (SSSR count). The maximum atomic E-state index is 13.2. The van der Waals surface area contributed by atoms with E-state index in [0.717, 1.165) is 23.1 Å². The van der Waals surface area contributed by atoms with E-state index in [0.29, 0.717) is 5.16 Å². The average molecular weight is 380 g/mol. The molecule has 1 unspecified atom stereocenters. The second-order valence-electron chi connectivity index (χ2n) is 6.67. The quantitative estimate of drug-likeness (QED) is 0.690. The van der Waals surface area contributed by atoms with Gasteiger partial charge < -0.3 is 15.2 Å². The Kier molecular flexibility index (Phi) is 4.61. The second-order valence-corrected chi connectivity index (χ2v) is 7.61. The molecule has 0 aliphatic carbocycles. The molecule has 2 heterocycles. The number of anilines is 1. The van der Waals surface area contributed by atoms with Crippen molar-refractivity contribution in [2.24, 2.45) is 5.73 Å². The van der Waals surface area contributed by atoms with Crippen LogP contribution in [0.5, 0.6) is 0 Å². The van der Waals surface area contributed by atoms with Crippen molar-refractivity contribution in [2.45, 2.75) is 31.1 Å². The first-order chi connectivity index (χ1) is 13.0. The van der Waals surface area contributed by atoms with Gasteiger partial charge in [0.15, 0.2) is 5.16 Å². The number of aromatic nitrogens is 2. The Morgan fingerprint density at radius 3 is 2.74 bits per heavy atom. The number of nitrogens with zero attached hydrogens (tertiary/aromatic N) is 3. The molecule has 0 spiro atoms. The minimum absolute atomic E-state index is 0.0107. The van der Waals surface area contributed by atoms with Crippen LogP contribution in [0.3, 0.4) is 0 Å². The Hall–Kier alpha value is -2.80. The first kappa shape index (κ1) is 17.6. The third-order valence-electron chi connectivity index (χ3n) is 4.73. The molecular weight excluding hydrogens is 360 g/mol. The fourth-order valence-corrected chi connectivity index (χ4v) is 4.36. The standard InChI is InChI=1S/C20H20N4O2S/c1-13-10-14-6-2-4-8-16(14)24(13)19(26)11-23-17-9-5-3-7-15(17)22-20(23)27-12-18(21)25/h2-9,13H,10-12H2,1H3,(H2,21,25). The predicted molar refractivity (Wildman–Crippen MR) is 107 cm³/mol. The number of benzene rings is 2. The van der Waals surface area contributed by atoms with Gasteiger partial charge >= 0.3 is 0 Å². The molecule has 27 heavy (non-hydrogen) atoms. The van der Waals surface area contributed by atoms with Crippen LogP contribution in [-0.4, -0.2) is 33.2 Å². The molecule has 2 aromatic carbocycles. The van der Waals surface area contributed by atoms with E-state index in [1.54, 1.807) is 0 Å². The molecule has 1 aromatic heterocycles. The number of amides is 2. The third-order valence-corrected chi connectivity index (χ3v) is 5.73. The SMILES string of the molecule is CC1Cc2ccccc2N1C(=O)Cn1c(SCC(N)=O)nc2ccccc21. The van der Waals surface area contributed by atoms with Gasteiger partial charge in [-0.1, -0.05) is 42.1 Å². The molecule has 138 valence electrons. The van der Waals surface area contributed by atoms with Gasteiger partial charge in [-0.15, -0.1) is 0 Å². The first-order valence-electron chi connectivity index (χ1n) is 8.81. The highest BCUT2D eigenvalue weighted by Crippen LogP contribution is 2.32. The number of imidazole rings is 1. The fraction of sp³-hybridized carbons (Fsp3) is 0.250. The molecule has 1 aliphatic heterocycles. The molecule has 0 fully saturated rings. The van der Waals surface area contributed by atoms with Crippen molar-refractivity contribution in [1.29, 1.82) is 0 Å². The molecule has 6 nitrogen and oxygen atoms in total. The molecule has 1 atom stereocenters. The summed E-state index contributed by atoms with van der Waals surface area (Å²) in [7, 11) is 0. The number of para-hydroxylation sites is 3. The van der Waals surface area contributed by atoms with Crippen LogP contribution in [0.1, 0.15) is 12.5 Å². The van der Waals surface area contributed by atoms with Crippen molar-refractivity contribution < 1.29 is 9.59 Å². The highest BCUT2D eigenvalue weighted by atomic mass is 32.2. The molecule has 2 amide bonds. The molecule has 0 bridgehead atoms. The van der Waals surface area contributed by atoms with Crippen molar-refractivity contribution >= 4 is 40.3 Å². The molecule has 3 aromatic rings. The lowest BCUT2D eigenvalue weighted by Crippen LogP contribution is -2.38. The Morgan fingerprint density at radius 1 is 1.19 bits per heavy atom. The average Bonchev–Trinajstić information content (AvgIpc) is 3.16. The van der Waals surface area contributed by atoms with Crippen LogP contribution >= 0.6 is 11.8 Å². The largest absolute Gasteiger partial charge is 0.369 e.